The van der Waals surface area contributed by atoms with Crippen LogP contribution in [0.1, 0.15) is 5.56 Å². The Balaban J connectivity index is 2.01. The summed E-state index contributed by atoms with van der Waals surface area (Å²) in [6, 6.07) is 5.87. The molecule has 0 unspecified atom stereocenters. The number of nitrogens with one attached hydrogen (secondary N) is 1. The van der Waals surface area contributed by atoms with E-state index < -0.39 is 11.4 Å². The number of rotatable bonds is 2. The number of carboxylic acids is 1. The van der Waals surface area contributed by atoms with Crippen LogP contribution in [0.2, 0.25) is 0 Å². The van der Waals surface area contributed by atoms with E-state index >= 15 is 0 Å². The maximum atomic E-state index is 11.4. The summed E-state index contributed by atoms with van der Waals surface area (Å²) in [4.78, 5) is 12.6. The van der Waals surface area contributed by atoms with Gasteiger partial charge in [0.15, 0.2) is 0 Å². The van der Waals surface area contributed by atoms with E-state index in [9.17, 15) is 9.90 Å². The zero-order valence-corrected chi connectivity index (χ0v) is 10.0. The van der Waals surface area contributed by atoms with E-state index in [1.165, 1.54) is 4.90 Å². The van der Waals surface area contributed by atoms with Crippen molar-refractivity contribution < 1.29 is 14.6 Å². The van der Waals surface area contributed by atoms with Gasteiger partial charge in [-0.3, -0.25) is 4.79 Å². The van der Waals surface area contributed by atoms with Gasteiger partial charge in [0, 0.05) is 22.9 Å². The predicted octanol–water partition coefficient (Wildman–Crippen LogP) is 1.56. The summed E-state index contributed by atoms with van der Waals surface area (Å²) in [5.41, 5.74) is 1.05. The molecule has 2 aliphatic rings. The number of hydrogen-bond donors (Lipinski definition) is 2. The lowest BCUT2D eigenvalue weighted by atomic mass is 9.78. The van der Waals surface area contributed by atoms with Gasteiger partial charge in [0.05, 0.1) is 13.2 Å². The van der Waals surface area contributed by atoms with Gasteiger partial charge < -0.3 is 15.2 Å². The Morgan fingerprint density at radius 3 is 2.94 bits per heavy atom. The molecule has 1 saturated heterocycles. The van der Waals surface area contributed by atoms with Crippen LogP contribution >= 0.6 is 11.8 Å². The van der Waals surface area contributed by atoms with Crippen LogP contribution in [-0.4, -0.2) is 36.6 Å². The SMILES string of the molecule is O=C(O)C1(c2ccc3c(c2)NCCS3)COC1. The molecule has 2 heterocycles. The number of aliphatic carboxylic acids is 1. The smallest absolute Gasteiger partial charge is 0.318 e. The molecule has 17 heavy (non-hydrogen) atoms. The number of carboxylic acid groups (broad SMARTS) is 1. The number of fused-ring (bicyclic) bond motifs is 1. The molecule has 1 fully saturated rings. The lowest BCUT2D eigenvalue weighted by molar-refractivity contribution is -0.163. The highest BCUT2D eigenvalue weighted by Gasteiger charge is 2.48. The van der Waals surface area contributed by atoms with E-state index in [1.807, 2.05) is 18.2 Å². The van der Waals surface area contributed by atoms with Gasteiger partial charge in [0.1, 0.15) is 5.41 Å². The number of carbonyl (C=O) groups is 1. The molecule has 1 aromatic carbocycles. The highest BCUT2D eigenvalue weighted by atomic mass is 32.2. The zero-order valence-electron chi connectivity index (χ0n) is 9.23. The molecule has 0 spiro atoms. The Labute approximate surface area is 103 Å². The van der Waals surface area contributed by atoms with Gasteiger partial charge in [0.25, 0.3) is 0 Å². The number of ether oxygens (including phenoxy) is 1. The topological polar surface area (TPSA) is 58.6 Å². The van der Waals surface area contributed by atoms with Crippen molar-refractivity contribution in [2.45, 2.75) is 10.3 Å². The Hall–Kier alpha value is -1.20. The lowest BCUT2D eigenvalue weighted by Gasteiger charge is -2.38. The van der Waals surface area contributed by atoms with Gasteiger partial charge in [-0.05, 0) is 17.7 Å². The fourth-order valence-electron chi connectivity index (χ4n) is 2.16. The van der Waals surface area contributed by atoms with E-state index in [0.717, 1.165) is 23.5 Å². The summed E-state index contributed by atoms with van der Waals surface area (Å²) in [7, 11) is 0. The minimum Gasteiger partial charge on any atom is -0.480 e. The molecule has 0 aliphatic carbocycles. The van der Waals surface area contributed by atoms with Gasteiger partial charge in [-0.1, -0.05) is 6.07 Å². The quantitative estimate of drug-likeness (QED) is 0.835. The molecule has 90 valence electrons. The molecule has 2 N–H and O–H groups in total. The van der Waals surface area contributed by atoms with Crippen molar-refractivity contribution in [1.29, 1.82) is 0 Å². The standard InChI is InChI=1S/C12H13NO3S/c14-11(15)12(6-16-7-12)8-1-2-10-9(5-8)13-3-4-17-10/h1-2,5,13H,3-4,6-7H2,(H,14,15). The Morgan fingerprint density at radius 2 is 2.29 bits per heavy atom. The third kappa shape index (κ3) is 1.61. The Kier molecular flexibility index (Phi) is 2.52. The van der Waals surface area contributed by atoms with Crippen LogP contribution in [-0.2, 0) is 14.9 Å². The summed E-state index contributed by atoms with van der Waals surface area (Å²) in [5, 5.41) is 12.6. The predicted molar refractivity (Wildman–Crippen MR) is 65.8 cm³/mol. The molecule has 0 atom stereocenters. The molecular weight excluding hydrogens is 238 g/mol. The summed E-state index contributed by atoms with van der Waals surface area (Å²) < 4.78 is 5.09. The first kappa shape index (κ1) is 10.9. The van der Waals surface area contributed by atoms with Crippen LogP contribution < -0.4 is 5.32 Å². The molecule has 2 aliphatic heterocycles. The largest absolute Gasteiger partial charge is 0.480 e. The summed E-state index contributed by atoms with van der Waals surface area (Å²) in [6.07, 6.45) is 0. The molecule has 5 heteroatoms. The lowest BCUT2D eigenvalue weighted by Crippen LogP contribution is -2.53. The second kappa shape index (κ2) is 3.92. The second-order valence-electron chi connectivity index (χ2n) is 4.37. The van der Waals surface area contributed by atoms with Crippen molar-refractivity contribution in [3.8, 4) is 0 Å². The first-order chi connectivity index (χ1) is 8.22. The van der Waals surface area contributed by atoms with E-state index in [2.05, 4.69) is 5.32 Å². The van der Waals surface area contributed by atoms with Crippen molar-refractivity contribution in [2.75, 3.05) is 30.8 Å². The van der Waals surface area contributed by atoms with Crippen molar-refractivity contribution in [1.82, 2.24) is 0 Å². The van der Waals surface area contributed by atoms with Gasteiger partial charge in [-0.2, -0.15) is 0 Å². The molecule has 0 aromatic heterocycles. The van der Waals surface area contributed by atoms with Gasteiger partial charge in [-0.25, -0.2) is 0 Å². The molecule has 3 rings (SSSR count). The van der Waals surface area contributed by atoms with Crippen LogP contribution in [0.5, 0.6) is 0 Å². The average molecular weight is 251 g/mol. The monoisotopic (exact) mass is 251 g/mol. The number of hydrogen-bond acceptors (Lipinski definition) is 4. The van der Waals surface area contributed by atoms with Gasteiger partial charge in [-0.15, -0.1) is 11.8 Å². The number of benzene rings is 1. The minimum atomic E-state index is -0.835. The van der Waals surface area contributed by atoms with Crippen molar-refractivity contribution in [3.63, 3.8) is 0 Å². The highest BCUT2D eigenvalue weighted by Crippen LogP contribution is 2.38. The fourth-order valence-corrected chi connectivity index (χ4v) is 3.03. The van der Waals surface area contributed by atoms with E-state index in [0.29, 0.717) is 0 Å². The first-order valence-corrected chi connectivity index (χ1v) is 6.53. The molecular formula is C12H13NO3S. The van der Waals surface area contributed by atoms with Crippen molar-refractivity contribution in [3.05, 3.63) is 23.8 Å². The van der Waals surface area contributed by atoms with Gasteiger partial charge >= 0.3 is 5.97 Å². The van der Waals surface area contributed by atoms with Crippen LogP contribution in [0.15, 0.2) is 23.1 Å². The summed E-state index contributed by atoms with van der Waals surface area (Å²) in [5.74, 6) is 0.256. The zero-order chi connectivity index (χ0) is 11.9. The molecule has 4 nitrogen and oxygen atoms in total. The molecule has 0 bridgehead atoms. The second-order valence-corrected chi connectivity index (χ2v) is 5.50. The maximum Gasteiger partial charge on any atom is 0.318 e. The third-order valence-electron chi connectivity index (χ3n) is 3.31. The van der Waals surface area contributed by atoms with Crippen LogP contribution in [0.4, 0.5) is 5.69 Å². The molecule has 0 radical (unpaired) electrons. The van der Waals surface area contributed by atoms with Crippen molar-refractivity contribution >= 4 is 23.4 Å². The molecule has 0 amide bonds. The van der Waals surface area contributed by atoms with Crippen molar-refractivity contribution in [2.24, 2.45) is 0 Å². The molecule has 0 saturated carbocycles. The average Bonchev–Trinajstić information content (AvgIpc) is 2.27. The van der Waals surface area contributed by atoms with Crippen LogP contribution in [0.25, 0.3) is 0 Å². The van der Waals surface area contributed by atoms with E-state index in [1.54, 1.807) is 11.8 Å². The van der Waals surface area contributed by atoms with Crippen LogP contribution in [0, 0.1) is 0 Å². The number of anilines is 1. The van der Waals surface area contributed by atoms with Crippen LogP contribution in [0.3, 0.4) is 0 Å². The van der Waals surface area contributed by atoms with E-state index in [4.69, 9.17) is 4.74 Å². The summed E-state index contributed by atoms with van der Waals surface area (Å²) >= 11 is 1.80. The van der Waals surface area contributed by atoms with E-state index in [-0.39, 0.29) is 13.2 Å². The Morgan fingerprint density at radius 1 is 1.47 bits per heavy atom. The highest BCUT2D eigenvalue weighted by molar-refractivity contribution is 7.99. The first-order valence-electron chi connectivity index (χ1n) is 5.55. The fraction of sp³-hybridized carbons (Fsp3) is 0.417. The maximum absolute atomic E-state index is 11.4. The molecule has 1 aromatic rings. The summed E-state index contributed by atoms with van der Waals surface area (Å²) in [6.45, 7) is 1.47. The van der Waals surface area contributed by atoms with Gasteiger partial charge in [0.2, 0.25) is 0 Å². The third-order valence-corrected chi connectivity index (χ3v) is 4.39. The normalized spacial score (nSPS) is 20.9. The number of thioether (sulfide) groups is 1. The minimum absolute atomic E-state index is 0.272. The Bertz CT molecular complexity index is 471.